The van der Waals surface area contributed by atoms with E-state index < -0.39 is 5.97 Å². The molecule has 0 aliphatic rings. The maximum atomic E-state index is 10.6. The quantitative estimate of drug-likeness (QED) is 0.861. The third-order valence-electron chi connectivity index (χ3n) is 2.87. The number of carboxylic acid groups (broad SMARTS) is 1. The summed E-state index contributed by atoms with van der Waals surface area (Å²) in [6, 6.07) is 4.99. The van der Waals surface area contributed by atoms with Gasteiger partial charge < -0.3 is 24.1 Å². The lowest BCUT2D eigenvalue weighted by Crippen LogP contribution is -2.03. The van der Waals surface area contributed by atoms with Gasteiger partial charge in [-0.1, -0.05) is 0 Å². The molecule has 0 bridgehead atoms. The second kappa shape index (κ2) is 9.57. The van der Waals surface area contributed by atoms with Crippen LogP contribution in [0.15, 0.2) is 24.5 Å². The lowest BCUT2D eigenvalue weighted by molar-refractivity contribution is 0.0686. The predicted molar refractivity (Wildman–Crippen MR) is 86.4 cm³/mol. The van der Waals surface area contributed by atoms with Gasteiger partial charge in [0.1, 0.15) is 17.6 Å². The van der Waals surface area contributed by atoms with E-state index in [0.29, 0.717) is 17.2 Å². The van der Waals surface area contributed by atoms with Crippen molar-refractivity contribution in [3.8, 4) is 29.1 Å². The number of hydrogen-bond donors (Lipinski definition) is 1. The number of carbonyl (C=O) groups is 1. The monoisotopic (exact) mass is 347 g/mol. The first-order valence-electron chi connectivity index (χ1n) is 6.80. The number of aromatic nitrogens is 2. The Morgan fingerprint density at radius 1 is 0.960 bits per heavy atom. The Balaban J connectivity index is 0.000000251. The van der Waals surface area contributed by atoms with Gasteiger partial charge in [0.05, 0.1) is 40.8 Å². The molecular formula is C16H17N3O6. The van der Waals surface area contributed by atoms with E-state index in [1.807, 2.05) is 6.07 Å². The SMILES string of the molecule is COc1cnc(C#N)c(OC)c1.COc1cnc(C(=O)O)c(OC)c1. The third kappa shape index (κ3) is 5.24. The Bertz CT molecular complexity index is 773. The van der Waals surface area contributed by atoms with E-state index >= 15 is 0 Å². The molecule has 0 atom stereocenters. The molecule has 9 heteroatoms. The summed E-state index contributed by atoms with van der Waals surface area (Å²) in [6.07, 6.45) is 2.80. The molecule has 25 heavy (non-hydrogen) atoms. The molecule has 0 aliphatic carbocycles. The van der Waals surface area contributed by atoms with E-state index in [0.717, 1.165) is 0 Å². The van der Waals surface area contributed by atoms with Crippen molar-refractivity contribution >= 4 is 5.97 Å². The minimum atomic E-state index is -1.13. The maximum absolute atomic E-state index is 10.6. The van der Waals surface area contributed by atoms with Crippen molar-refractivity contribution in [1.29, 1.82) is 5.26 Å². The van der Waals surface area contributed by atoms with Gasteiger partial charge in [0, 0.05) is 12.1 Å². The average Bonchev–Trinajstić information content (AvgIpc) is 2.66. The first-order valence-corrected chi connectivity index (χ1v) is 6.80. The standard InChI is InChI=1S/C8H8N2O2.C8H9NO4/c1-11-6-3-8(12-2)7(4-9)10-5-6;1-12-5-3-6(13-2)7(8(10)11)9-4-5/h3,5H,1-2H3;3-4H,1-2H3,(H,10,11). The average molecular weight is 347 g/mol. The van der Waals surface area contributed by atoms with Crippen molar-refractivity contribution in [2.75, 3.05) is 28.4 Å². The Hall–Kier alpha value is -3.54. The fourth-order valence-electron chi connectivity index (χ4n) is 1.63. The molecule has 2 rings (SSSR count). The van der Waals surface area contributed by atoms with Gasteiger partial charge in [-0.15, -0.1) is 0 Å². The molecule has 0 fully saturated rings. The van der Waals surface area contributed by atoms with Crippen LogP contribution in [0.25, 0.3) is 0 Å². The van der Waals surface area contributed by atoms with E-state index in [1.165, 1.54) is 46.9 Å². The van der Waals surface area contributed by atoms with Gasteiger partial charge in [-0.2, -0.15) is 5.26 Å². The molecule has 1 N–H and O–H groups in total. The van der Waals surface area contributed by atoms with Crippen LogP contribution in [0.1, 0.15) is 16.2 Å². The second-order valence-electron chi connectivity index (χ2n) is 4.27. The normalized spacial score (nSPS) is 9.08. The minimum absolute atomic E-state index is 0.122. The molecule has 132 valence electrons. The van der Waals surface area contributed by atoms with Crippen LogP contribution in [0, 0.1) is 11.3 Å². The van der Waals surface area contributed by atoms with Crippen molar-refractivity contribution in [3.05, 3.63) is 35.9 Å². The zero-order chi connectivity index (χ0) is 18.8. The highest BCUT2D eigenvalue weighted by molar-refractivity contribution is 5.88. The Morgan fingerprint density at radius 2 is 1.48 bits per heavy atom. The molecule has 2 aromatic rings. The summed E-state index contributed by atoms with van der Waals surface area (Å²) in [4.78, 5) is 18.1. The second-order valence-corrected chi connectivity index (χ2v) is 4.27. The minimum Gasteiger partial charge on any atom is -0.495 e. The molecule has 2 heterocycles. The van der Waals surface area contributed by atoms with Crippen molar-refractivity contribution in [3.63, 3.8) is 0 Å². The van der Waals surface area contributed by atoms with Crippen molar-refractivity contribution in [1.82, 2.24) is 9.97 Å². The third-order valence-corrected chi connectivity index (χ3v) is 2.87. The van der Waals surface area contributed by atoms with Gasteiger partial charge in [0.15, 0.2) is 22.9 Å². The highest BCUT2D eigenvalue weighted by Gasteiger charge is 2.13. The number of pyridine rings is 2. The molecule has 2 aromatic heterocycles. The first-order chi connectivity index (χ1) is 12.0. The lowest BCUT2D eigenvalue weighted by atomic mass is 10.3. The van der Waals surface area contributed by atoms with E-state index in [1.54, 1.807) is 6.07 Å². The van der Waals surface area contributed by atoms with Gasteiger partial charge in [-0.25, -0.2) is 14.8 Å². The Morgan fingerprint density at radius 3 is 1.92 bits per heavy atom. The molecule has 0 unspecified atom stereocenters. The number of hydrogen-bond acceptors (Lipinski definition) is 8. The van der Waals surface area contributed by atoms with Crippen LogP contribution in [0.5, 0.6) is 23.0 Å². The molecule has 0 radical (unpaired) electrons. The van der Waals surface area contributed by atoms with Crippen LogP contribution in [-0.2, 0) is 0 Å². The van der Waals surface area contributed by atoms with Gasteiger partial charge in [-0.3, -0.25) is 0 Å². The highest BCUT2D eigenvalue weighted by Crippen LogP contribution is 2.22. The highest BCUT2D eigenvalue weighted by atomic mass is 16.5. The summed E-state index contributed by atoms with van der Waals surface area (Å²) >= 11 is 0. The zero-order valence-corrected chi connectivity index (χ0v) is 14.1. The van der Waals surface area contributed by atoms with Crippen LogP contribution in [-0.4, -0.2) is 49.5 Å². The van der Waals surface area contributed by atoms with E-state index in [-0.39, 0.29) is 17.1 Å². The maximum Gasteiger partial charge on any atom is 0.358 e. The fourth-order valence-corrected chi connectivity index (χ4v) is 1.63. The fraction of sp³-hybridized carbons (Fsp3) is 0.250. The number of methoxy groups -OCH3 is 4. The molecule has 0 aliphatic heterocycles. The Kier molecular flexibility index (Phi) is 7.46. The van der Waals surface area contributed by atoms with Gasteiger partial charge in [-0.05, 0) is 0 Å². The molecule has 9 nitrogen and oxygen atoms in total. The van der Waals surface area contributed by atoms with Crippen LogP contribution < -0.4 is 18.9 Å². The topological polar surface area (TPSA) is 124 Å². The zero-order valence-electron chi connectivity index (χ0n) is 14.1. The predicted octanol–water partition coefficient (Wildman–Crippen LogP) is 1.77. The van der Waals surface area contributed by atoms with E-state index in [9.17, 15) is 4.79 Å². The summed E-state index contributed by atoms with van der Waals surface area (Å²) in [5, 5.41) is 17.3. The number of nitrogens with zero attached hydrogens (tertiary/aromatic N) is 3. The Labute approximate surface area is 144 Å². The number of rotatable bonds is 5. The van der Waals surface area contributed by atoms with Crippen molar-refractivity contribution < 1.29 is 28.8 Å². The largest absolute Gasteiger partial charge is 0.495 e. The summed E-state index contributed by atoms with van der Waals surface area (Å²) in [5.74, 6) is 0.524. The van der Waals surface area contributed by atoms with Crippen LogP contribution in [0.2, 0.25) is 0 Å². The van der Waals surface area contributed by atoms with Gasteiger partial charge >= 0.3 is 5.97 Å². The molecule has 0 spiro atoms. The molecule has 0 saturated carbocycles. The summed E-state index contributed by atoms with van der Waals surface area (Å²) in [7, 11) is 5.86. The molecular weight excluding hydrogens is 330 g/mol. The molecule has 0 amide bonds. The number of ether oxygens (including phenoxy) is 4. The first kappa shape index (κ1) is 19.5. The molecule has 0 aromatic carbocycles. The van der Waals surface area contributed by atoms with Gasteiger partial charge in [0.25, 0.3) is 0 Å². The van der Waals surface area contributed by atoms with Crippen molar-refractivity contribution in [2.24, 2.45) is 0 Å². The van der Waals surface area contributed by atoms with Crippen LogP contribution in [0.4, 0.5) is 0 Å². The smallest absolute Gasteiger partial charge is 0.358 e. The van der Waals surface area contributed by atoms with Crippen molar-refractivity contribution in [2.45, 2.75) is 0 Å². The lowest BCUT2D eigenvalue weighted by Gasteiger charge is -2.05. The van der Waals surface area contributed by atoms with E-state index in [4.69, 9.17) is 29.3 Å². The summed E-state index contributed by atoms with van der Waals surface area (Å²) < 4.78 is 19.5. The van der Waals surface area contributed by atoms with E-state index in [2.05, 4.69) is 9.97 Å². The van der Waals surface area contributed by atoms with Crippen LogP contribution in [0.3, 0.4) is 0 Å². The van der Waals surface area contributed by atoms with Crippen LogP contribution >= 0.6 is 0 Å². The number of nitriles is 1. The number of carboxylic acids is 1. The summed E-state index contributed by atoms with van der Waals surface area (Å²) in [5.41, 5.74) is 0.140. The van der Waals surface area contributed by atoms with Gasteiger partial charge in [0.2, 0.25) is 0 Å². The summed E-state index contributed by atoms with van der Waals surface area (Å²) in [6.45, 7) is 0. The molecule has 0 saturated heterocycles. The number of aromatic carboxylic acids is 1.